The third-order valence-corrected chi connectivity index (χ3v) is 2.13. The maximum absolute atomic E-state index is 10.3. The molecule has 0 saturated heterocycles. The molecular weight excluding hydrogens is 234 g/mol. The summed E-state index contributed by atoms with van der Waals surface area (Å²) in [5.74, 6) is -0.391. The summed E-state index contributed by atoms with van der Waals surface area (Å²) < 4.78 is 0. The number of hydrogen-bond donors (Lipinski definition) is 3. The Balaban J connectivity index is 2.91. The molecule has 0 saturated carbocycles. The normalized spacial score (nSPS) is 8.78. The molecule has 0 heterocycles. The average molecular weight is 243 g/mol. The van der Waals surface area contributed by atoms with Gasteiger partial charge in [0.2, 0.25) is 0 Å². The fourth-order valence-corrected chi connectivity index (χ4v) is 1.23. The molecule has 6 nitrogen and oxygen atoms in total. The molecule has 0 radical (unpaired) electrons. The van der Waals surface area contributed by atoms with Gasteiger partial charge in [-0.2, -0.15) is 10.5 Å². The van der Waals surface area contributed by atoms with E-state index in [4.69, 9.17) is 15.6 Å². The Hall–Kier alpha value is -2.99. The molecule has 90 valence electrons. The van der Waals surface area contributed by atoms with Gasteiger partial charge in [0, 0.05) is 12.1 Å². The molecule has 1 amide bonds. The van der Waals surface area contributed by atoms with Crippen LogP contribution in [0.5, 0.6) is 0 Å². The van der Waals surface area contributed by atoms with Crippen LogP contribution < -0.4 is 5.32 Å². The Bertz CT molecular complexity index is 546. The van der Waals surface area contributed by atoms with Crippen LogP contribution in [0, 0.1) is 22.7 Å². The number of amides is 1. The molecule has 0 spiro atoms. The minimum absolute atomic E-state index is 0.142. The van der Waals surface area contributed by atoms with Gasteiger partial charge < -0.3 is 15.5 Å². The van der Waals surface area contributed by atoms with Gasteiger partial charge in [-0.05, 0) is 5.56 Å². The van der Waals surface area contributed by atoms with E-state index in [1.807, 2.05) is 0 Å². The minimum Gasteiger partial charge on any atom is -0.505 e. The van der Waals surface area contributed by atoms with Crippen LogP contribution in [0.1, 0.15) is 11.1 Å². The first-order valence-corrected chi connectivity index (χ1v) is 4.88. The van der Waals surface area contributed by atoms with Crippen molar-refractivity contribution < 1.29 is 15.0 Å². The Morgan fingerprint density at radius 1 is 1.17 bits per heavy atom. The number of rotatable bonds is 3. The van der Waals surface area contributed by atoms with Crippen LogP contribution in [0.3, 0.4) is 0 Å². The summed E-state index contributed by atoms with van der Waals surface area (Å²) in [5, 5.41) is 37.4. The molecule has 1 rings (SSSR count). The summed E-state index contributed by atoms with van der Waals surface area (Å²) in [6.07, 6.45) is -1.13. The minimum atomic E-state index is -1.13. The van der Waals surface area contributed by atoms with Crippen LogP contribution in [0.25, 0.3) is 5.76 Å². The van der Waals surface area contributed by atoms with E-state index in [0.29, 0.717) is 11.1 Å². The van der Waals surface area contributed by atoms with Crippen molar-refractivity contribution in [2.45, 2.75) is 6.54 Å². The average Bonchev–Trinajstić information content (AvgIpc) is 2.38. The van der Waals surface area contributed by atoms with E-state index in [1.54, 1.807) is 24.3 Å². The molecule has 18 heavy (non-hydrogen) atoms. The highest BCUT2D eigenvalue weighted by Gasteiger charge is 2.07. The van der Waals surface area contributed by atoms with Crippen LogP contribution in [0.15, 0.2) is 29.8 Å². The molecule has 0 atom stereocenters. The van der Waals surface area contributed by atoms with Gasteiger partial charge in [-0.25, -0.2) is 4.79 Å². The zero-order valence-corrected chi connectivity index (χ0v) is 9.21. The molecule has 0 unspecified atom stereocenters. The van der Waals surface area contributed by atoms with Crippen molar-refractivity contribution in [3.63, 3.8) is 0 Å². The Morgan fingerprint density at radius 2 is 1.72 bits per heavy atom. The standard InChI is InChI=1S/C12H9N3O3/c13-5-10(6-14)11(16)9-3-1-8(2-4-9)7-15-12(17)18/h1-4,15-16H,7H2,(H,17,18). The number of hydrogen-bond acceptors (Lipinski definition) is 4. The Morgan fingerprint density at radius 3 is 2.17 bits per heavy atom. The largest absolute Gasteiger partial charge is 0.505 e. The van der Waals surface area contributed by atoms with Crippen molar-refractivity contribution in [1.29, 1.82) is 10.5 Å². The number of aliphatic hydroxyl groups is 1. The van der Waals surface area contributed by atoms with E-state index < -0.39 is 11.9 Å². The lowest BCUT2D eigenvalue weighted by molar-refractivity contribution is 0.194. The molecule has 1 aromatic rings. The third-order valence-electron chi connectivity index (χ3n) is 2.13. The van der Waals surface area contributed by atoms with Crippen molar-refractivity contribution in [1.82, 2.24) is 5.32 Å². The summed E-state index contributed by atoms with van der Waals surface area (Å²) in [6.45, 7) is 0.142. The lowest BCUT2D eigenvalue weighted by Crippen LogP contribution is -2.19. The smallest absolute Gasteiger partial charge is 0.404 e. The highest BCUT2D eigenvalue weighted by molar-refractivity contribution is 5.69. The van der Waals surface area contributed by atoms with Gasteiger partial charge in [0.1, 0.15) is 12.1 Å². The molecule has 0 bridgehead atoms. The number of benzene rings is 1. The van der Waals surface area contributed by atoms with Crippen molar-refractivity contribution in [2.75, 3.05) is 0 Å². The second-order valence-electron chi connectivity index (χ2n) is 3.30. The number of carboxylic acid groups (broad SMARTS) is 1. The van der Waals surface area contributed by atoms with Crippen molar-refractivity contribution in [3.05, 3.63) is 41.0 Å². The van der Waals surface area contributed by atoms with E-state index >= 15 is 0 Å². The molecule has 6 heteroatoms. The SMILES string of the molecule is N#CC(C#N)=C(O)c1ccc(CNC(=O)O)cc1. The molecule has 1 aromatic carbocycles. The van der Waals surface area contributed by atoms with Gasteiger partial charge >= 0.3 is 6.09 Å². The van der Waals surface area contributed by atoms with Crippen LogP contribution in [0.2, 0.25) is 0 Å². The maximum Gasteiger partial charge on any atom is 0.404 e. The highest BCUT2D eigenvalue weighted by Crippen LogP contribution is 2.16. The zero-order valence-electron chi connectivity index (χ0n) is 9.21. The van der Waals surface area contributed by atoms with E-state index in [2.05, 4.69) is 5.32 Å². The summed E-state index contributed by atoms with van der Waals surface area (Å²) in [4.78, 5) is 10.3. The summed E-state index contributed by atoms with van der Waals surface area (Å²) >= 11 is 0. The maximum atomic E-state index is 10.3. The number of nitrogens with zero attached hydrogens (tertiary/aromatic N) is 2. The highest BCUT2D eigenvalue weighted by atomic mass is 16.4. The van der Waals surface area contributed by atoms with E-state index in [0.717, 1.165) is 0 Å². The quantitative estimate of drug-likeness (QED) is 0.552. The molecule has 0 aromatic heterocycles. The molecule has 0 aliphatic carbocycles. The van der Waals surface area contributed by atoms with Crippen molar-refractivity contribution >= 4 is 11.9 Å². The van der Waals surface area contributed by atoms with E-state index in [9.17, 15) is 9.90 Å². The van der Waals surface area contributed by atoms with E-state index in [1.165, 1.54) is 12.1 Å². The van der Waals surface area contributed by atoms with E-state index in [-0.39, 0.29) is 12.1 Å². The second-order valence-corrected chi connectivity index (χ2v) is 3.30. The molecule has 0 aliphatic rings. The third kappa shape index (κ3) is 3.26. The van der Waals surface area contributed by atoms with Crippen molar-refractivity contribution in [2.24, 2.45) is 0 Å². The van der Waals surface area contributed by atoms with Crippen LogP contribution in [0.4, 0.5) is 4.79 Å². The second kappa shape index (κ2) is 5.92. The monoisotopic (exact) mass is 243 g/mol. The first kappa shape index (κ1) is 13.1. The summed E-state index contributed by atoms with van der Waals surface area (Å²) in [6, 6.07) is 9.35. The lowest BCUT2D eigenvalue weighted by atomic mass is 10.1. The molecule has 0 aliphatic heterocycles. The first-order chi connectivity index (χ1) is 8.58. The van der Waals surface area contributed by atoms with Crippen LogP contribution in [-0.4, -0.2) is 16.3 Å². The fraction of sp³-hybridized carbons (Fsp3) is 0.0833. The Labute approximate surface area is 103 Å². The zero-order chi connectivity index (χ0) is 13.5. The fourth-order valence-electron chi connectivity index (χ4n) is 1.23. The van der Waals surface area contributed by atoms with Gasteiger partial charge in [0.25, 0.3) is 0 Å². The topological polar surface area (TPSA) is 117 Å². The number of nitrogens with one attached hydrogen (secondary N) is 1. The van der Waals surface area contributed by atoms with Gasteiger partial charge in [-0.3, -0.25) is 0 Å². The molecule has 0 fully saturated rings. The van der Waals surface area contributed by atoms with Gasteiger partial charge in [0.05, 0.1) is 0 Å². The summed E-state index contributed by atoms with van der Waals surface area (Å²) in [7, 11) is 0. The molecule has 3 N–H and O–H groups in total. The number of carbonyl (C=O) groups is 1. The van der Waals surface area contributed by atoms with Crippen LogP contribution >= 0.6 is 0 Å². The van der Waals surface area contributed by atoms with Crippen LogP contribution in [-0.2, 0) is 6.54 Å². The number of nitriles is 2. The molecular formula is C12H9N3O3. The lowest BCUT2D eigenvalue weighted by Gasteiger charge is -2.03. The van der Waals surface area contributed by atoms with Gasteiger partial charge in [-0.1, -0.05) is 24.3 Å². The predicted octanol–water partition coefficient (Wildman–Crippen LogP) is 1.77. The number of allylic oxidation sites excluding steroid dienone is 1. The first-order valence-electron chi connectivity index (χ1n) is 4.88. The predicted molar refractivity (Wildman–Crippen MR) is 62.1 cm³/mol. The van der Waals surface area contributed by atoms with Gasteiger partial charge in [-0.15, -0.1) is 0 Å². The Kier molecular flexibility index (Phi) is 4.30. The van der Waals surface area contributed by atoms with Crippen molar-refractivity contribution in [3.8, 4) is 12.1 Å². The number of aliphatic hydroxyl groups excluding tert-OH is 1. The van der Waals surface area contributed by atoms with Gasteiger partial charge in [0.15, 0.2) is 11.3 Å². The summed E-state index contributed by atoms with van der Waals surface area (Å²) in [5.41, 5.74) is 0.656.